The SMILES string of the molecule is CNc1nc(C)c(-c2ccnc(Nc3cccc(CN4CCNCC4)c3)n2)s1. The molecule has 146 valence electrons. The molecular formula is C20H25N7S. The van der Waals surface area contributed by atoms with Crippen molar-refractivity contribution in [2.45, 2.75) is 13.5 Å². The van der Waals surface area contributed by atoms with Crippen molar-refractivity contribution in [2.75, 3.05) is 43.9 Å². The van der Waals surface area contributed by atoms with Gasteiger partial charge >= 0.3 is 0 Å². The van der Waals surface area contributed by atoms with E-state index in [0.29, 0.717) is 5.95 Å². The Kier molecular flexibility index (Phi) is 5.80. The van der Waals surface area contributed by atoms with Gasteiger partial charge in [0.2, 0.25) is 5.95 Å². The molecule has 1 aromatic carbocycles. The number of thiazole rings is 1. The van der Waals surface area contributed by atoms with Crippen molar-refractivity contribution in [2.24, 2.45) is 0 Å². The Morgan fingerprint density at radius 1 is 1.18 bits per heavy atom. The van der Waals surface area contributed by atoms with E-state index >= 15 is 0 Å². The Labute approximate surface area is 169 Å². The molecule has 3 N–H and O–H groups in total. The average molecular weight is 396 g/mol. The van der Waals surface area contributed by atoms with Crippen LogP contribution < -0.4 is 16.0 Å². The van der Waals surface area contributed by atoms with Gasteiger partial charge in [0, 0.05) is 51.7 Å². The second-order valence-electron chi connectivity index (χ2n) is 6.80. The molecule has 1 fully saturated rings. The zero-order valence-electron chi connectivity index (χ0n) is 16.2. The van der Waals surface area contributed by atoms with Crippen LogP contribution in [0.1, 0.15) is 11.3 Å². The van der Waals surface area contributed by atoms with Crippen LogP contribution in [-0.2, 0) is 6.54 Å². The number of benzene rings is 1. The first kappa shape index (κ1) is 18.8. The highest BCUT2D eigenvalue weighted by atomic mass is 32.1. The van der Waals surface area contributed by atoms with Gasteiger partial charge in [0.1, 0.15) is 0 Å². The van der Waals surface area contributed by atoms with E-state index in [1.165, 1.54) is 5.56 Å². The zero-order valence-corrected chi connectivity index (χ0v) is 17.0. The summed E-state index contributed by atoms with van der Waals surface area (Å²) >= 11 is 1.60. The fourth-order valence-corrected chi connectivity index (χ4v) is 4.18. The topological polar surface area (TPSA) is 78.0 Å². The van der Waals surface area contributed by atoms with Crippen LogP contribution in [0.3, 0.4) is 0 Å². The van der Waals surface area contributed by atoms with Crippen molar-refractivity contribution in [3.63, 3.8) is 0 Å². The highest BCUT2D eigenvalue weighted by molar-refractivity contribution is 7.19. The van der Waals surface area contributed by atoms with Crippen molar-refractivity contribution < 1.29 is 0 Å². The van der Waals surface area contributed by atoms with E-state index in [-0.39, 0.29) is 0 Å². The zero-order chi connectivity index (χ0) is 19.3. The van der Waals surface area contributed by atoms with Gasteiger partial charge in [-0.1, -0.05) is 23.5 Å². The molecule has 0 atom stereocenters. The molecule has 1 aliphatic heterocycles. The fraction of sp³-hybridized carbons (Fsp3) is 0.350. The lowest BCUT2D eigenvalue weighted by atomic mass is 10.2. The number of anilines is 3. The van der Waals surface area contributed by atoms with Crippen LogP contribution in [-0.4, -0.2) is 53.1 Å². The molecule has 0 aliphatic carbocycles. The molecule has 4 rings (SSSR count). The number of aryl methyl sites for hydroxylation is 1. The second kappa shape index (κ2) is 8.64. The van der Waals surface area contributed by atoms with Gasteiger partial charge in [-0.25, -0.2) is 15.0 Å². The van der Waals surface area contributed by atoms with Crippen molar-refractivity contribution in [1.29, 1.82) is 0 Å². The quantitative estimate of drug-likeness (QED) is 0.592. The Bertz CT molecular complexity index is 934. The number of aromatic nitrogens is 3. The van der Waals surface area contributed by atoms with E-state index in [1.807, 2.05) is 26.1 Å². The lowest BCUT2D eigenvalue weighted by molar-refractivity contribution is 0.233. The summed E-state index contributed by atoms with van der Waals surface area (Å²) in [6.07, 6.45) is 1.79. The van der Waals surface area contributed by atoms with Crippen LogP contribution in [0.4, 0.5) is 16.8 Å². The summed E-state index contributed by atoms with van der Waals surface area (Å²) in [5, 5.41) is 10.7. The Morgan fingerprint density at radius 2 is 2.04 bits per heavy atom. The summed E-state index contributed by atoms with van der Waals surface area (Å²) < 4.78 is 0. The van der Waals surface area contributed by atoms with Gasteiger partial charge < -0.3 is 16.0 Å². The maximum Gasteiger partial charge on any atom is 0.227 e. The van der Waals surface area contributed by atoms with E-state index in [1.54, 1.807) is 17.5 Å². The largest absolute Gasteiger partial charge is 0.365 e. The monoisotopic (exact) mass is 395 g/mol. The van der Waals surface area contributed by atoms with Gasteiger partial charge in [-0.05, 0) is 30.7 Å². The third kappa shape index (κ3) is 4.46. The molecule has 0 amide bonds. The van der Waals surface area contributed by atoms with Crippen LogP contribution in [0.2, 0.25) is 0 Å². The van der Waals surface area contributed by atoms with Crippen molar-refractivity contribution in [3.8, 4) is 10.6 Å². The minimum absolute atomic E-state index is 0.593. The third-order valence-corrected chi connectivity index (χ3v) is 5.90. The van der Waals surface area contributed by atoms with Crippen LogP contribution in [0.25, 0.3) is 10.6 Å². The summed E-state index contributed by atoms with van der Waals surface area (Å²) in [4.78, 5) is 17.1. The Balaban J connectivity index is 1.49. The summed E-state index contributed by atoms with van der Waals surface area (Å²) in [5.41, 5.74) is 4.14. The number of rotatable bonds is 6. The summed E-state index contributed by atoms with van der Waals surface area (Å²) in [5.74, 6) is 0.593. The van der Waals surface area contributed by atoms with Gasteiger partial charge in [0.25, 0.3) is 0 Å². The smallest absolute Gasteiger partial charge is 0.227 e. The van der Waals surface area contributed by atoms with Crippen LogP contribution in [0.15, 0.2) is 36.5 Å². The minimum Gasteiger partial charge on any atom is -0.365 e. The van der Waals surface area contributed by atoms with Crippen molar-refractivity contribution >= 4 is 28.1 Å². The summed E-state index contributed by atoms with van der Waals surface area (Å²) in [6, 6.07) is 10.4. The number of hydrogen-bond acceptors (Lipinski definition) is 8. The second-order valence-corrected chi connectivity index (χ2v) is 7.80. The number of hydrogen-bond donors (Lipinski definition) is 3. The number of piperazine rings is 1. The summed E-state index contributed by atoms with van der Waals surface area (Å²) in [6.45, 7) is 7.26. The van der Waals surface area contributed by atoms with Gasteiger partial charge in [0.05, 0.1) is 16.3 Å². The van der Waals surface area contributed by atoms with E-state index in [4.69, 9.17) is 4.98 Å². The number of nitrogens with zero attached hydrogens (tertiary/aromatic N) is 4. The normalized spacial score (nSPS) is 14.8. The molecule has 7 nitrogen and oxygen atoms in total. The maximum atomic E-state index is 4.69. The fourth-order valence-electron chi connectivity index (χ4n) is 3.29. The minimum atomic E-state index is 0.593. The number of nitrogens with one attached hydrogen (secondary N) is 3. The molecule has 8 heteroatoms. The van der Waals surface area contributed by atoms with E-state index in [9.17, 15) is 0 Å². The molecule has 1 saturated heterocycles. The molecule has 1 aliphatic rings. The van der Waals surface area contributed by atoms with E-state index < -0.39 is 0 Å². The third-order valence-electron chi connectivity index (χ3n) is 4.70. The average Bonchev–Trinajstić information content (AvgIpc) is 3.10. The molecule has 28 heavy (non-hydrogen) atoms. The molecule has 0 saturated carbocycles. The lowest BCUT2D eigenvalue weighted by Crippen LogP contribution is -2.42. The molecule has 0 radical (unpaired) electrons. The highest BCUT2D eigenvalue weighted by Gasteiger charge is 2.12. The summed E-state index contributed by atoms with van der Waals surface area (Å²) in [7, 11) is 1.88. The van der Waals surface area contributed by atoms with Crippen molar-refractivity contribution in [1.82, 2.24) is 25.2 Å². The molecular weight excluding hydrogens is 370 g/mol. The van der Waals surface area contributed by atoms with Gasteiger partial charge in [-0.3, -0.25) is 4.90 Å². The lowest BCUT2D eigenvalue weighted by Gasteiger charge is -2.27. The maximum absolute atomic E-state index is 4.69. The molecule has 0 unspecified atom stereocenters. The van der Waals surface area contributed by atoms with Crippen LogP contribution in [0.5, 0.6) is 0 Å². The van der Waals surface area contributed by atoms with Crippen molar-refractivity contribution in [3.05, 3.63) is 47.8 Å². The molecule has 0 spiro atoms. The first-order valence-electron chi connectivity index (χ1n) is 9.49. The Morgan fingerprint density at radius 3 is 2.82 bits per heavy atom. The van der Waals surface area contributed by atoms with E-state index in [0.717, 1.165) is 59.8 Å². The Hall–Kier alpha value is -2.55. The molecule has 0 bridgehead atoms. The standard InChI is InChI=1S/C20H25N7S/c1-14-18(28-20(21-2)24-14)17-6-7-23-19(26-17)25-16-5-3-4-15(12-16)13-27-10-8-22-9-11-27/h3-7,12,22H,8-11,13H2,1-2H3,(H,21,24)(H,23,25,26). The van der Waals surface area contributed by atoms with Crippen LogP contribution >= 0.6 is 11.3 Å². The van der Waals surface area contributed by atoms with Crippen LogP contribution in [0, 0.1) is 6.92 Å². The first-order chi connectivity index (χ1) is 13.7. The van der Waals surface area contributed by atoms with E-state index in [2.05, 4.69) is 49.0 Å². The molecule has 3 heterocycles. The van der Waals surface area contributed by atoms with Gasteiger partial charge in [0.15, 0.2) is 5.13 Å². The van der Waals surface area contributed by atoms with Gasteiger partial charge in [-0.2, -0.15) is 0 Å². The highest BCUT2D eigenvalue weighted by Crippen LogP contribution is 2.31. The predicted octanol–water partition coefficient (Wildman–Crippen LogP) is 3.10. The molecule has 3 aromatic rings. The molecule has 2 aromatic heterocycles. The first-order valence-corrected chi connectivity index (χ1v) is 10.3. The predicted molar refractivity (Wildman–Crippen MR) is 115 cm³/mol. The van der Waals surface area contributed by atoms with Gasteiger partial charge in [-0.15, -0.1) is 0 Å².